The number of ether oxygens (including phenoxy) is 1. The highest BCUT2D eigenvalue weighted by Gasteiger charge is 2.02. The first kappa shape index (κ1) is 22.2. The summed E-state index contributed by atoms with van der Waals surface area (Å²) in [6, 6.07) is 0. The smallest absolute Gasteiger partial charge is 0.305 e. The SMILES string of the molecule is CCCCC/C=C\CC(O)CCCCCCCCC(=O)OCC. The Hall–Kier alpha value is -0.830. The van der Waals surface area contributed by atoms with Crippen molar-refractivity contribution in [3.05, 3.63) is 12.2 Å². The number of unbranched alkanes of at least 4 members (excludes halogenated alkanes) is 8. The van der Waals surface area contributed by atoms with E-state index >= 15 is 0 Å². The second-order valence-corrected chi connectivity index (χ2v) is 6.32. The predicted octanol–water partition coefficient (Wildman–Crippen LogP) is 5.56. The number of hydrogen-bond donors (Lipinski definition) is 1. The number of esters is 1. The zero-order valence-electron chi connectivity index (χ0n) is 15.4. The zero-order valence-corrected chi connectivity index (χ0v) is 15.4. The van der Waals surface area contributed by atoms with Gasteiger partial charge < -0.3 is 9.84 Å². The number of allylic oxidation sites excluding steroid dienone is 1. The summed E-state index contributed by atoms with van der Waals surface area (Å²) >= 11 is 0. The van der Waals surface area contributed by atoms with E-state index in [9.17, 15) is 9.90 Å². The first-order valence-electron chi connectivity index (χ1n) is 9.69. The van der Waals surface area contributed by atoms with Gasteiger partial charge in [0, 0.05) is 6.42 Å². The minimum atomic E-state index is -0.179. The second-order valence-electron chi connectivity index (χ2n) is 6.32. The molecule has 1 unspecified atom stereocenters. The Kier molecular flexibility index (Phi) is 16.9. The van der Waals surface area contributed by atoms with Crippen LogP contribution in [-0.2, 0) is 9.53 Å². The Balaban J connectivity index is 3.29. The number of hydrogen-bond acceptors (Lipinski definition) is 3. The third kappa shape index (κ3) is 17.4. The topological polar surface area (TPSA) is 46.5 Å². The van der Waals surface area contributed by atoms with Crippen molar-refractivity contribution in [2.45, 2.75) is 103 Å². The molecule has 0 aromatic heterocycles. The van der Waals surface area contributed by atoms with Gasteiger partial charge in [-0.1, -0.05) is 64.0 Å². The van der Waals surface area contributed by atoms with E-state index < -0.39 is 0 Å². The van der Waals surface area contributed by atoms with Gasteiger partial charge in [-0.25, -0.2) is 0 Å². The highest BCUT2D eigenvalue weighted by atomic mass is 16.5. The van der Waals surface area contributed by atoms with E-state index in [2.05, 4.69) is 19.1 Å². The van der Waals surface area contributed by atoms with Gasteiger partial charge in [-0.05, 0) is 39.0 Å². The molecule has 0 heterocycles. The van der Waals surface area contributed by atoms with Gasteiger partial charge in [0.15, 0.2) is 0 Å². The molecule has 1 N–H and O–H groups in total. The summed E-state index contributed by atoms with van der Waals surface area (Å²) in [6.07, 6.45) is 18.1. The van der Waals surface area contributed by atoms with Gasteiger partial charge in [-0.15, -0.1) is 0 Å². The van der Waals surface area contributed by atoms with Crippen molar-refractivity contribution < 1.29 is 14.6 Å². The molecule has 0 fully saturated rings. The Bertz CT molecular complexity index is 287. The summed E-state index contributed by atoms with van der Waals surface area (Å²) < 4.78 is 4.90. The number of aliphatic hydroxyl groups is 1. The molecule has 0 aromatic carbocycles. The summed E-state index contributed by atoms with van der Waals surface area (Å²) in [7, 11) is 0. The van der Waals surface area contributed by atoms with Gasteiger partial charge in [-0.2, -0.15) is 0 Å². The summed E-state index contributed by atoms with van der Waals surface area (Å²) in [4.78, 5) is 11.2. The molecule has 0 aliphatic rings. The normalized spacial score (nSPS) is 12.7. The minimum absolute atomic E-state index is 0.0710. The summed E-state index contributed by atoms with van der Waals surface area (Å²) in [5, 5.41) is 9.90. The maximum atomic E-state index is 11.2. The molecule has 3 nitrogen and oxygen atoms in total. The monoisotopic (exact) mass is 326 g/mol. The average molecular weight is 327 g/mol. The molecule has 0 saturated heterocycles. The Morgan fingerprint density at radius 1 is 0.957 bits per heavy atom. The fourth-order valence-electron chi connectivity index (χ4n) is 2.59. The number of carbonyl (C=O) groups is 1. The van der Waals surface area contributed by atoms with Crippen LogP contribution in [0, 0.1) is 0 Å². The predicted molar refractivity (Wildman–Crippen MR) is 97.5 cm³/mol. The maximum Gasteiger partial charge on any atom is 0.305 e. The van der Waals surface area contributed by atoms with Crippen molar-refractivity contribution >= 4 is 5.97 Å². The lowest BCUT2D eigenvalue weighted by atomic mass is 10.0. The molecule has 0 rings (SSSR count). The van der Waals surface area contributed by atoms with Gasteiger partial charge in [0.1, 0.15) is 0 Å². The van der Waals surface area contributed by atoms with Crippen molar-refractivity contribution in [1.82, 2.24) is 0 Å². The minimum Gasteiger partial charge on any atom is -0.466 e. The Labute approximate surface area is 143 Å². The number of carbonyl (C=O) groups excluding carboxylic acids is 1. The van der Waals surface area contributed by atoms with Crippen LogP contribution >= 0.6 is 0 Å². The molecule has 0 saturated carbocycles. The Morgan fingerprint density at radius 3 is 2.35 bits per heavy atom. The van der Waals surface area contributed by atoms with Crippen LogP contribution in [0.3, 0.4) is 0 Å². The van der Waals surface area contributed by atoms with Gasteiger partial charge in [-0.3, -0.25) is 4.79 Å². The first-order chi connectivity index (χ1) is 11.2. The zero-order chi connectivity index (χ0) is 17.2. The molecule has 0 spiro atoms. The van der Waals surface area contributed by atoms with E-state index in [-0.39, 0.29) is 12.1 Å². The van der Waals surface area contributed by atoms with Gasteiger partial charge in [0.05, 0.1) is 12.7 Å². The maximum absolute atomic E-state index is 11.2. The number of rotatable bonds is 16. The molecule has 0 aliphatic heterocycles. The van der Waals surface area contributed by atoms with Crippen molar-refractivity contribution in [3.63, 3.8) is 0 Å². The van der Waals surface area contributed by atoms with Crippen molar-refractivity contribution in [3.8, 4) is 0 Å². The van der Waals surface area contributed by atoms with Crippen LogP contribution in [0.15, 0.2) is 12.2 Å². The molecular weight excluding hydrogens is 288 g/mol. The largest absolute Gasteiger partial charge is 0.466 e. The van der Waals surface area contributed by atoms with E-state index in [1.165, 1.54) is 38.5 Å². The lowest BCUT2D eigenvalue weighted by Crippen LogP contribution is -2.04. The molecule has 0 aliphatic carbocycles. The third-order valence-corrected chi connectivity index (χ3v) is 4.02. The fourth-order valence-corrected chi connectivity index (χ4v) is 2.59. The first-order valence-corrected chi connectivity index (χ1v) is 9.69. The molecule has 0 aromatic rings. The van der Waals surface area contributed by atoms with Crippen LogP contribution in [0.2, 0.25) is 0 Å². The summed E-state index contributed by atoms with van der Waals surface area (Å²) in [5.74, 6) is -0.0710. The van der Waals surface area contributed by atoms with Crippen LogP contribution in [0.5, 0.6) is 0 Å². The molecule has 0 amide bonds. The summed E-state index contributed by atoms with van der Waals surface area (Å²) in [5.41, 5.74) is 0. The van der Waals surface area contributed by atoms with Crippen LogP contribution in [0.25, 0.3) is 0 Å². The van der Waals surface area contributed by atoms with E-state index in [4.69, 9.17) is 4.74 Å². The molecular formula is C20H38O3. The highest BCUT2D eigenvalue weighted by molar-refractivity contribution is 5.69. The quantitative estimate of drug-likeness (QED) is 0.229. The second kappa shape index (κ2) is 17.5. The van der Waals surface area contributed by atoms with Crippen molar-refractivity contribution in [1.29, 1.82) is 0 Å². The standard InChI is InChI=1S/C20H38O3/c1-3-5-6-7-10-13-16-19(21)17-14-11-8-9-12-15-18-20(22)23-4-2/h10,13,19,21H,3-9,11-12,14-18H2,1-2H3/b13-10-. The molecule has 23 heavy (non-hydrogen) atoms. The highest BCUT2D eigenvalue weighted by Crippen LogP contribution is 2.12. The number of aliphatic hydroxyl groups excluding tert-OH is 1. The Morgan fingerprint density at radius 2 is 1.65 bits per heavy atom. The van der Waals surface area contributed by atoms with E-state index in [0.717, 1.165) is 38.5 Å². The van der Waals surface area contributed by atoms with Crippen molar-refractivity contribution in [2.24, 2.45) is 0 Å². The van der Waals surface area contributed by atoms with E-state index in [0.29, 0.717) is 13.0 Å². The van der Waals surface area contributed by atoms with Gasteiger partial charge in [0.25, 0.3) is 0 Å². The molecule has 0 bridgehead atoms. The molecule has 136 valence electrons. The lowest BCUT2D eigenvalue weighted by Gasteiger charge is -2.07. The molecule has 3 heteroatoms. The van der Waals surface area contributed by atoms with Crippen LogP contribution in [-0.4, -0.2) is 23.8 Å². The van der Waals surface area contributed by atoms with Crippen LogP contribution < -0.4 is 0 Å². The molecule has 1 atom stereocenters. The van der Waals surface area contributed by atoms with Crippen LogP contribution in [0.4, 0.5) is 0 Å². The lowest BCUT2D eigenvalue weighted by molar-refractivity contribution is -0.143. The fraction of sp³-hybridized carbons (Fsp3) is 0.850. The average Bonchev–Trinajstić information content (AvgIpc) is 2.53. The van der Waals surface area contributed by atoms with Crippen molar-refractivity contribution in [2.75, 3.05) is 6.61 Å². The van der Waals surface area contributed by atoms with E-state index in [1.54, 1.807) is 0 Å². The van der Waals surface area contributed by atoms with E-state index in [1.807, 2.05) is 6.92 Å². The summed E-state index contributed by atoms with van der Waals surface area (Å²) in [6.45, 7) is 4.54. The third-order valence-electron chi connectivity index (χ3n) is 4.02. The van der Waals surface area contributed by atoms with Gasteiger partial charge >= 0.3 is 5.97 Å². The van der Waals surface area contributed by atoms with Crippen LogP contribution in [0.1, 0.15) is 97.3 Å². The van der Waals surface area contributed by atoms with Gasteiger partial charge in [0.2, 0.25) is 0 Å². The molecule has 0 radical (unpaired) electrons.